The van der Waals surface area contributed by atoms with E-state index in [2.05, 4.69) is 20.8 Å². The van der Waals surface area contributed by atoms with Crippen molar-refractivity contribution in [1.29, 1.82) is 0 Å². The van der Waals surface area contributed by atoms with Gasteiger partial charge in [-0.1, -0.05) is 20.8 Å². The van der Waals surface area contributed by atoms with Crippen molar-refractivity contribution in [2.24, 2.45) is 11.1 Å². The highest BCUT2D eigenvalue weighted by Crippen LogP contribution is 2.20. The molecule has 0 saturated carbocycles. The predicted octanol–water partition coefficient (Wildman–Crippen LogP) is 0.676. The number of aliphatic hydroxyl groups excluding tert-OH is 1. The second-order valence-electron chi connectivity index (χ2n) is 4.63. The first kappa shape index (κ1) is 13.4. The van der Waals surface area contributed by atoms with Crippen LogP contribution in [0.1, 0.15) is 33.6 Å². The number of ether oxygens (including phenoxy) is 1. The zero-order valence-corrected chi connectivity index (χ0v) is 9.25. The van der Waals surface area contributed by atoms with Crippen LogP contribution in [0, 0.1) is 5.41 Å². The average molecular weight is 203 g/mol. The molecule has 0 aliphatic carbocycles. The zero-order chi connectivity index (χ0) is 11.2. The van der Waals surface area contributed by atoms with Gasteiger partial charge in [-0.05, 0) is 11.8 Å². The van der Waals surface area contributed by atoms with E-state index in [4.69, 9.17) is 15.6 Å². The van der Waals surface area contributed by atoms with E-state index in [0.29, 0.717) is 6.42 Å². The molecule has 0 amide bonds. The van der Waals surface area contributed by atoms with Gasteiger partial charge in [0.15, 0.2) is 0 Å². The molecule has 0 aromatic heterocycles. The summed E-state index contributed by atoms with van der Waals surface area (Å²) in [5.74, 6) is -0.271. The Labute approximate surface area is 85.4 Å². The Morgan fingerprint density at radius 1 is 1.50 bits per heavy atom. The monoisotopic (exact) mass is 203 g/mol. The molecule has 0 rings (SSSR count). The van der Waals surface area contributed by atoms with Crippen LogP contribution in [0.3, 0.4) is 0 Å². The average Bonchev–Trinajstić information content (AvgIpc) is 2.09. The summed E-state index contributed by atoms with van der Waals surface area (Å²) in [5, 5.41) is 9.03. The molecule has 0 aromatic rings. The summed E-state index contributed by atoms with van der Waals surface area (Å²) in [6.07, 6.45) is 0.430. The van der Waals surface area contributed by atoms with Gasteiger partial charge in [-0.25, -0.2) is 0 Å². The standard InChI is InChI=1S/C10H21NO3/c1-10(2,3)5-4-9(13)14-7-8(12)6-11/h8,12H,4-7,11H2,1-3H3. The molecule has 0 saturated heterocycles. The van der Waals surface area contributed by atoms with Crippen molar-refractivity contribution >= 4 is 5.97 Å². The van der Waals surface area contributed by atoms with Gasteiger partial charge in [0.25, 0.3) is 0 Å². The van der Waals surface area contributed by atoms with E-state index in [0.717, 1.165) is 6.42 Å². The molecule has 0 fully saturated rings. The predicted molar refractivity (Wildman–Crippen MR) is 54.7 cm³/mol. The van der Waals surface area contributed by atoms with Crippen LogP contribution in [0.2, 0.25) is 0 Å². The highest BCUT2D eigenvalue weighted by molar-refractivity contribution is 5.69. The number of carbonyl (C=O) groups is 1. The maximum atomic E-state index is 11.1. The molecule has 1 atom stereocenters. The first-order chi connectivity index (χ1) is 6.35. The summed E-state index contributed by atoms with van der Waals surface area (Å²) in [6.45, 7) is 6.31. The number of hydrogen-bond donors (Lipinski definition) is 2. The summed E-state index contributed by atoms with van der Waals surface area (Å²) in [4.78, 5) is 11.1. The summed E-state index contributed by atoms with van der Waals surface area (Å²) >= 11 is 0. The molecule has 14 heavy (non-hydrogen) atoms. The lowest BCUT2D eigenvalue weighted by Gasteiger charge is -2.17. The Morgan fingerprint density at radius 3 is 2.50 bits per heavy atom. The molecule has 0 aromatic carbocycles. The van der Waals surface area contributed by atoms with Crippen molar-refractivity contribution in [3.05, 3.63) is 0 Å². The molecule has 1 unspecified atom stereocenters. The lowest BCUT2D eigenvalue weighted by Crippen LogP contribution is -2.26. The molecule has 0 aliphatic heterocycles. The fourth-order valence-electron chi connectivity index (χ4n) is 0.806. The molecule has 0 radical (unpaired) electrons. The molecule has 0 bridgehead atoms. The lowest BCUT2D eigenvalue weighted by molar-refractivity contribution is -0.147. The number of hydrogen-bond acceptors (Lipinski definition) is 4. The normalized spacial score (nSPS) is 13.8. The number of carbonyl (C=O) groups excluding carboxylic acids is 1. The molecule has 4 heteroatoms. The fourth-order valence-corrected chi connectivity index (χ4v) is 0.806. The first-order valence-electron chi connectivity index (χ1n) is 4.89. The van der Waals surface area contributed by atoms with Gasteiger partial charge in [-0.3, -0.25) is 4.79 Å². The van der Waals surface area contributed by atoms with Crippen molar-refractivity contribution in [3.63, 3.8) is 0 Å². The summed E-state index contributed by atoms with van der Waals surface area (Å²) in [5.41, 5.74) is 5.29. The van der Waals surface area contributed by atoms with Crippen molar-refractivity contribution in [2.75, 3.05) is 13.2 Å². The molecule has 4 nitrogen and oxygen atoms in total. The van der Waals surface area contributed by atoms with Gasteiger partial charge in [0.05, 0.1) is 0 Å². The maximum Gasteiger partial charge on any atom is 0.305 e. The Hall–Kier alpha value is -0.610. The van der Waals surface area contributed by atoms with Gasteiger partial charge < -0.3 is 15.6 Å². The Balaban J connectivity index is 3.57. The summed E-state index contributed by atoms with van der Waals surface area (Å²) in [6, 6.07) is 0. The zero-order valence-electron chi connectivity index (χ0n) is 9.25. The third-order valence-electron chi connectivity index (χ3n) is 1.79. The molecule has 3 N–H and O–H groups in total. The fraction of sp³-hybridized carbons (Fsp3) is 0.900. The van der Waals surface area contributed by atoms with Gasteiger partial charge in [-0.2, -0.15) is 0 Å². The molecular formula is C10H21NO3. The highest BCUT2D eigenvalue weighted by Gasteiger charge is 2.14. The second-order valence-corrected chi connectivity index (χ2v) is 4.63. The minimum atomic E-state index is -0.742. The van der Waals surface area contributed by atoms with Gasteiger partial charge in [0.2, 0.25) is 0 Å². The Bertz CT molecular complexity index is 175. The van der Waals surface area contributed by atoms with Crippen molar-refractivity contribution in [1.82, 2.24) is 0 Å². The van der Waals surface area contributed by atoms with Gasteiger partial charge in [-0.15, -0.1) is 0 Å². The molecule has 0 aliphatic rings. The number of aliphatic hydroxyl groups is 1. The van der Waals surface area contributed by atoms with Crippen LogP contribution in [-0.2, 0) is 9.53 Å². The Morgan fingerprint density at radius 2 is 2.07 bits per heavy atom. The molecule has 0 spiro atoms. The van der Waals surface area contributed by atoms with E-state index in [1.54, 1.807) is 0 Å². The minimum Gasteiger partial charge on any atom is -0.463 e. The maximum absolute atomic E-state index is 11.1. The van der Waals surface area contributed by atoms with E-state index in [9.17, 15) is 4.79 Å². The van der Waals surface area contributed by atoms with Gasteiger partial charge >= 0.3 is 5.97 Å². The van der Waals surface area contributed by atoms with E-state index >= 15 is 0 Å². The first-order valence-corrected chi connectivity index (χ1v) is 4.89. The van der Waals surface area contributed by atoms with E-state index in [1.165, 1.54) is 0 Å². The topological polar surface area (TPSA) is 72.5 Å². The lowest BCUT2D eigenvalue weighted by atomic mass is 9.91. The number of nitrogens with two attached hydrogens (primary N) is 1. The SMILES string of the molecule is CC(C)(C)CCC(=O)OCC(O)CN. The Kier molecular flexibility index (Phi) is 5.72. The van der Waals surface area contributed by atoms with Crippen LogP contribution in [0.25, 0.3) is 0 Å². The largest absolute Gasteiger partial charge is 0.463 e. The molecule has 0 heterocycles. The summed E-state index contributed by atoms with van der Waals surface area (Å²) < 4.78 is 4.82. The molecule has 84 valence electrons. The second kappa shape index (κ2) is 5.98. The number of esters is 1. The van der Waals surface area contributed by atoms with Crippen LogP contribution >= 0.6 is 0 Å². The smallest absolute Gasteiger partial charge is 0.305 e. The van der Waals surface area contributed by atoms with E-state index < -0.39 is 6.10 Å². The summed E-state index contributed by atoms with van der Waals surface area (Å²) in [7, 11) is 0. The number of rotatable bonds is 5. The van der Waals surface area contributed by atoms with Gasteiger partial charge in [0.1, 0.15) is 12.7 Å². The quantitative estimate of drug-likeness (QED) is 0.644. The van der Waals surface area contributed by atoms with Crippen LogP contribution < -0.4 is 5.73 Å². The van der Waals surface area contributed by atoms with Gasteiger partial charge in [0, 0.05) is 13.0 Å². The third kappa shape index (κ3) is 8.01. The van der Waals surface area contributed by atoms with E-state index in [1.807, 2.05) is 0 Å². The van der Waals surface area contributed by atoms with Crippen LogP contribution in [0.5, 0.6) is 0 Å². The highest BCUT2D eigenvalue weighted by atomic mass is 16.5. The van der Waals surface area contributed by atoms with Crippen LogP contribution in [-0.4, -0.2) is 30.3 Å². The van der Waals surface area contributed by atoms with Crippen LogP contribution in [0.15, 0.2) is 0 Å². The van der Waals surface area contributed by atoms with Crippen LogP contribution in [0.4, 0.5) is 0 Å². The van der Waals surface area contributed by atoms with Crippen molar-refractivity contribution in [3.8, 4) is 0 Å². The van der Waals surface area contributed by atoms with Crippen molar-refractivity contribution in [2.45, 2.75) is 39.7 Å². The third-order valence-corrected chi connectivity index (χ3v) is 1.79. The van der Waals surface area contributed by atoms with Crippen molar-refractivity contribution < 1.29 is 14.6 Å². The molecular weight excluding hydrogens is 182 g/mol. The van der Waals surface area contributed by atoms with E-state index in [-0.39, 0.29) is 24.5 Å². The minimum absolute atomic E-state index is 0.000520.